The SMILES string of the molecule is CC1C=CC=C(c2nc(=O)c3ccccc3o2)C1O. The first-order valence-corrected chi connectivity index (χ1v) is 6.13. The van der Waals surface area contributed by atoms with Gasteiger partial charge in [-0.25, -0.2) is 0 Å². The predicted octanol–water partition coefficient (Wildman–Crippen LogP) is 2.14. The molecule has 0 radical (unpaired) electrons. The minimum atomic E-state index is -0.707. The van der Waals surface area contributed by atoms with Gasteiger partial charge < -0.3 is 9.52 Å². The fraction of sp³-hybridized carbons (Fsp3) is 0.200. The number of aliphatic hydroxyl groups is 1. The Labute approximate surface area is 109 Å². The van der Waals surface area contributed by atoms with Crippen LogP contribution in [0.1, 0.15) is 12.8 Å². The van der Waals surface area contributed by atoms with Crippen molar-refractivity contribution in [2.45, 2.75) is 13.0 Å². The molecular weight excluding hydrogens is 242 g/mol. The number of fused-ring (bicyclic) bond motifs is 1. The van der Waals surface area contributed by atoms with Crippen molar-refractivity contribution < 1.29 is 9.52 Å². The van der Waals surface area contributed by atoms with Crippen LogP contribution in [-0.4, -0.2) is 16.2 Å². The van der Waals surface area contributed by atoms with Crippen LogP contribution in [0.2, 0.25) is 0 Å². The van der Waals surface area contributed by atoms with Gasteiger partial charge in [0.05, 0.1) is 11.5 Å². The maximum atomic E-state index is 11.9. The summed E-state index contributed by atoms with van der Waals surface area (Å²) in [5.74, 6) is 0.158. The number of hydrogen-bond donors (Lipinski definition) is 1. The van der Waals surface area contributed by atoms with Gasteiger partial charge in [-0.3, -0.25) is 4.79 Å². The molecular formula is C15H13NO3. The summed E-state index contributed by atoms with van der Waals surface area (Å²) < 4.78 is 5.63. The largest absolute Gasteiger partial charge is 0.438 e. The Morgan fingerprint density at radius 3 is 2.95 bits per heavy atom. The molecule has 2 unspecified atom stereocenters. The van der Waals surface area contributed by atoms with Crippen molar-refractivity contribution in [1.29, 1.82) is 0 Å². The van der Waals surface area contributed by atoms with Crippen LogP contribution in [0.15, 0.2) is 51.7 Å². The van der Waals surface area contributed by atoms with Crippen LogP contribution in [0.3, 0.4) is 0 Å². The first kappa shape index (κ1) is 11.9. The van der Waals surface area contributed by atoms with E-state index in [4.69, 9.17) is 4.42 Å². The van der Waals surface area contributed by atoms with Gasteiger partial charge in [0.15, 0.2) is 0 Å². The summed E-state index contributed by atoms with van der Waals surface area (Å²) in [6.07, 6.45) is 4.75. The molecule has 96 valence electrons. The monoisotopic (exact) mass is 255 g/mol. The van der Waals surface area contributed by atoms with Crippen LogP contribution in [0.4, 0.5) is 0 Å². The number of allylic oxidation sites excluding steroid dienone is 2. The third-order valence-corrected chi connectivity index (χ3v) is 3.28. The van der Waals surface area contributed by atoms with Gasteiger partial charge in [0.2, 0.25) is 5.89 Å². The van der Waals surface area contributed by atoms with E-state index < -0.39 is 6.10 Å². The number of nitrogens with zero attached hydrogens (tertiary/aromatic N) is 1. The molecule has 0 aliphatic heterocycles. The molecule has 0 fully saturated rings. The summed E-state index contributed by atoms with van der Waals surface area (Å²) in [5.41, 5.74) is 0.679. The van der Waals surface area contributed by atoms with Crippen molar-refractivity contribution in [2.24, 2.45) is 5.92 Å². The number of para-hydroxylation sites is 1. The topological polar surface area (TPSA) is 63.3 Å². The molecule has 0 amide bonds. The zero-order chi connectivity index (χ0) is 13.4. The summed E-state index contributed by atoms with van der Waals surface area (Å²) in [6.45, 7) is 1.90. The quantitative estimate of drug-likeness (QED) is 0.848. The summed E-state index contributed by atoms with van der Waals surface area (Å²) in [5, 5.41) is 10.6. The fourth-order valence-corrected chi connectivity index (χ4v) is 2.15. The van der Waals surface area contributed by atoms with E-state index in [1.807, 2.05) is 19.1 Å². The lowest BCUT2D eigenvalue weighted by molar-refractivity contribution is 0.190. The average Bonchev–Trinajstić information content (AvgIpc) is 2.42. The summed E-state index contributed by atoms with van der Waals surface area (Å²) in [7, 11) is 0. The van der Waals surface area contributed by atoms with Crippen LogP contribution in [0.5, 0.6) is 0 Å². The molecule has 1 heterocycles. The van der Waals surface area contributed by atoms with Gasteiger partial charge in [-0.1, -0.05) is 37.3 Å². The molecule has 1 aliphatic rings. The Morgan fingerprint density at radius 2 is 2.11 bits per heavy atom. The molecule has 2 atom stereocenters. The number of hydrogen-bond acceptors (Lipinski definition) is 4. The highest BCUT2D eigenvalue weighted by molar-refractivity contribution is 5.77. The zero-order valence-electron chi connectivity index (χ0n) is 10.4. The molecule has 0 saturated carbocycles. The minimum Gasteiger partial charge on any atom is -0.438 e. The van der Waals surface area contributed by atoms with E-state index in [2.05, 4.69) is 4.98 Å². The standard InChI is InChI=1S/C15H13NO3/c1-9-5-4-7-11(13(9)17)15-16-14(18)10-6-2-3-8-12(10)19-15/h2-9,13,17H,1H3. The van der Waals surface area contributed by atoms with Crippen LogP contribution in [-0.2, 0) is 0 Å². The maximum Gasteiger partial charge on any atom is 0.284 e. The molecule has 4 nitrogen and oxygen atoms in total. The van der Waals surface area contributed by atoms with Gasteiger partial charge in [-0.2, -0.15) is 4.98 Å². The van der Waals surface area contributed by atoms with Crippen LogP contribution in [0, 0.1) is 5.92 Å². The smallest absolute Gasteiger partial charge is 0.284 e. The van der Waals surface area contributed by atoms with Crippen molar-refractivity contribution in [3.63, 3.8) is 0 Å². The van der Waals surface area contributed by atoms with E-state index in [1.165, 1.54) is 0 Å². The van der Waals surface area contributed by atoms with Gasteiger partial charge in [0, 0.05) is 11.5 Å². The predicted molar refractivity (Wildman–Crippen MR) is 72.6 cm³/mol. The Bertz CT molecular complexity index is 742. The van der Waals surface area contributed by atoms with Crippen LogP contribution < -0.4 is 5.56 Å². The van der Waals surface area contributed by atoms with E-state index in [0.29, 0.717) is 16.5 Å². The molecule has 1 aliphatic carbocycles. The molecule has 1 aromatic carbocycles. The first-order chi connectivity index (χ1) is 9.16. The number of rotatable bonds is 1. The third-order valence-electron chi connectivity index (χ3n) is 3.28. The highest BCUT2D eigenvalue weighted by Crippen LogP contribution is 2.27. The summed E-state index contributed by atoms with van der Waals surface area (Å²) >= 11 is 0. The van der Waals surface area contributed by atoms with Crippen molar-refractivity contribution in [3.8, 4) is 0 Å². The molecule has 0 saturated heterocycles. The lowest BCUT2D eigenvalue weighted by atomic mass is 9.92. The molecule has 1 N–H and O–H groups in total. The van der Waals surface area contributed by atoms with E-state index >= 15 is 0 Å². The zero-order valence-corrected chi connectivity index (χ0v) is 10.4. The number of benzene rings is 1. The minimum absolute atomic E-state index is 0.0291. The van der Waals surface area contributed by atoms with E-state index in [-0.39, 0.29) is 17.4 Å². The molecule has 2 aromatic rings. The normalized spacial score (nSPS) is 22.5. The van der Waals surface area contributed by atoms with Crippen molar-refractivity contribution in [1.82, 2.24) is 4.98 Å². The average molecular weight is 255 g/mol. The highest BCUT2D eigenvalue weighted by atomic mass is 16.3. The van der Waals surface area contributed by atoms with E-state index in [0.717, 1.165) is 0 Å². The van der Waals surface area contributed by atoms with Crippen LogP contribution >= 0.6 is 0 Å². The van der Waals surface area contributed by atoms with Crippen molar-refractivity contribution in [3.05, 3.63) is 58.7 Å². The molecule has 3 rings (SSSR count). The van der Waals surface area contributed by atoms with Crippen LogP contribution in [0.25, 0.3) is 16.5 Å². The summed E-state index contributed by atoms with van der Waals surface area (Å²) in [4.78, 5) is 15.9. The highest BCUT2D eigenvalue weighted by Gasteiger charge is 2.24. The lowest BCUT2D eigenvalue weighted by Crippen LogP contribution is -2.22. The fourth-order valence-electron chi connectivity index (χ4n) is 2.15. The second kappa shape index (κ2) is 4.48. The Morgan fingerprint density at radius 1 is 1.32 bits per heavy atom. The lowest BCUT2D eigenvalue weighted by Gasteiger charge is -2.20. The van der Waals surface area contributed by atoms with Gasteiger partial charge in [-0.05, 0) is 12.1 Å². The van der Waals surface area contributed by atoms with Gasteiger partial charge in [-0.15, -0.1) is 0 Å². The van der Waals surface area contributed by atoms with E-state index in [1.54, 1.807) is 30.3 Å². The first-order valence-electron chi connectivity index (χ1n) is 6.13. The Balaban J connectivity index is 2.19. The molecule has 4 heteroatoms. The van der Waals surface area contributed by atoms with E-state index in [9.17, 15) is 9.90 Å². The molecule has 1 aromatic heterocycles. The number of aliphatic hydroxyl groups excluding tert-OH is 1. The van der Waals surface area contributed by atoms with Gasteiger partial charge in [0.25, 0.3) is 5.56 Å². The van der Waals surface area contributed by atoms with Gasteiger partial charge in [0.1, 0.15) is 5.58 Å². The van der Waals surface area contributed by atoms with Crippen molar-refractivity contribution in [2.75, 3.05) is 0 Å². The molecule has 19 heavy (non-hydrogen) atoms. The molecule has 0 bridgehead atoms. The Kier molecular flexibility index (Phi) is 2.80. The van der Waals surface area contributed by atoms with Crippen molar-refractivity contribution >= 4 is 16.5 Å². The van der Waals surface area contributed by atoms with Gasteiger partial charge >= 0.3 is 0 Å². The molecule has 0 spiro atoms. The number of aromatic nitrogens is 1. The second-order valence-corrected chi connectivity index (χ2v) is 4.63. The third kappa shape index (κ3) is 2.00. The second-order valence-electron chi connectivity index (χ2n) is 4.63. The maximum absolute atomic E-state index is 11.9. The Hall–Kier alpha value is -2.20. The summed E-state index contributed by atoms with van der Waals surface area (Å²) in [6, 6.07) is 6.95.